The highest BCUT2D eigenvalue weighted by atomic mass is 32.2. The lowest BCUT2D eigenvalue weighted by Gasteiger charge is -2.19. The van der Waals surface area contributed by atoms with Crippen molar-refractivity contribution in [2.45, 2.75) is 37.4 Å². The summed E-state index contributed by atoms with van der Waals surface area (Å²) in [6.07, 6.45) is 0.771. The normalized spacial score (nSPS) is 12.4. The van der Waals surface area contributed by atoms with Crippen LogP contribution in [-0.4, -0.2) is 14.3 Å². The molecule has 3 rings (SSSR count). The number of hydrogen-bond acceptors (Lipinski definition) is 4. The molecule has 0 spiro atoms. The molecule has 1 atom stereocenters. The number of sulfonamides is 1. The highest BCUT2D eigenvalue weighted by molar-refractivity contribution is 7.94. The number of carbonyl (C=O) groups is 1. The smallest absolute Gasteiger partial charge is 0.271 e. The summed E-state index contributed by atoms with van der Waals surface area (Å²) in [6.45, 7) is 6.15. The first-order valence-corrected chi connectivity index (χ1v) is 11.7. The Bertz CT molecular complexity index is 1090. The van der Waals surface area contributed by atoms with Crippen LogP contribution in [0.25, 0.3) is 0 Å². The molecule has 0 aliphatic heterocycles. The number of anilines is 1. The first-order valence-electron chi connectivity index (χ1n) is 9.34. The summed E-state index contributed by atoms with van der Waals surface area (Å²) < 4.78 is 27.4. The molecule has 152 valence electrons. The Morgan fingerprint density at radius 3 is 2.34 bits per heavy atom. The van der Waals surface area contributed by atoms with Crippen LogP contribution in [0.4, 0.5) is 5.69 Å². The predicted molar refractivity (Wildman–Crippen MR) is 118 cm³/mol. The summed E-state index contributed by atoms with van der Waals surface area (Å²) in [7, 11) is -3.60. The van der Waals surface area contributed by atoms with Crippen LogP contribution in [0.15, 0.2) is 64.2 Å². The van der Waals surface area contributed by atoms with Crippen LogP contribution in [0.1, 0.15) is 46.4 Å². The van der Waals surface area contributed by atoms with Crippen LogP contribution in [0.2, 0.25) is 0 Å². The fourth-order valence-corrected chi connectivity index (χ4v) is 5.01. The van der Waals surface area contributed by atoms with Gasteiger partial charge in [0.1, 0.15) is 4.21 Å². The molecular weight excluding hydrogens is 404 g/mol. The molecule has 0 bridgehead atoms. The zero-order chi connectivity index (χ0) is 21.0. The fourth-order valence-electron chi connectivity index (χ4n) is 2.96. The number of rotatable bonds is 7. The molecule has 0 aliphatic rings. The maximum Gasteiger partial charge on any atom is 0.271 e. The second kappa shape index (κ2) is 8.80. The monoisotopic (exact) mass is 428 g/mol. The average Bonchev–Trinajstić information content (AvgIpc) is 3.24. The lowest BCUT2D eigenvalue weighted by molar-refractivity contribution is 0.0935. The molecule has 0 saturated heterocycles. The Balaban J connectivity index is 1.70. The second-order valence-electron chi connectivity index (χ2n) is 6.89. The van der Waals surface area contributed by atoms with Crippen molar-refractivity contribution >= 4 is 33.0 Å². The van der Waals surface area contributed by atoms with Gasteiger partial charge in [-0.05, 0) is 72.7 Å². The van der Waals surface area contributed by atoms with Crippen molar-refractivity contribution in [1.29, 1.82) is 0 Å². The molecule has 2 aromatic carbocycles. The van der Waals surface area contributed by atoms with Crippen molar-refractivity contribution in [1.82, 2.24) is 5.32 Å². The number of thiophene rings is 1. The van der Waals surface area contributed by atoms with E-state index in [0.717, 1.165) is 23.3 Å². The van der Waals surface area contributed by atoms with Crippen LogP contribution in [-0.2, 0) is 10.0 Å². The Morgan fingerprint density at radius 1 is 1.03 bits per heavy atom. The number of hydrogen-bond donors (Lipinski definition) is 2. The lowest BCUT2D eigenvalue weighted by Crippen LogP contribution is -2.28. The number of aryl methyl sites for hydroxylation is 2. The fraction of sp³-hybridized carbons (Fsp3) is 0.227. The summed E-state index contributed by atoms with van der Waals surface area (Å²) in [4.78, 5) is 12.7. The van der Waals surface area contributed by atoms with Crippen molar-refractivity contribution in [3.8, 4) is 0 Å². The summed E-state index contributed by atoms with van der Waals surface area (Å²) in [5.74, 6) is -0.192. The summed E-state index contributed by atoms with van der Waals surface area (Å²) >= 11 is 1.15. The molecule has 0 radical (unpaired) electrons. The molecule has 0 aliphatic carbocycles. The summed E-state index contributed by atoms with van der Waals surface area (Å²) in [5.41, 5.74) is 4.37. The van der Waals surface area contributed by atoms with Crippen LogP contribution < -0.4 is 10.0 Å². The van der Waals surface area contributed by atoms with Crippen molar-refractivity contribution in [3.05, 3.63) is 82.2 Å². The number of amides is 1. The Labute approximate surface area is 175 Å². The van der Waals surface area contributed by atoms with Crippen LogP contribution in [0.3, 0.4) is 0 Å². The number of carbonyl (C=O) groups excluding carboxylic acids is 1. The van der Waals surface area contributed by atoms with Crippen molar-refractivity contribution in [2.75, 3.05) is 4.72 Å². The molecule has 7 heteroatoms. The minimum Gasteiger partial charge on any atom is -0.345 e. The van der Waals surface area contributed by atoms with E-state index in [1.165, 1.54) is 11.1 Å². The largest absolute Gasteiger partial charge is 0.345 e. The van der Waals surface area contributed by atoms with E-state index < -0.39 is 10.0 Å². The number of nitrogens with one attached hydrogen (secondary N) is 2. The zero-order valence-electron chi connectivity index (χ0n) is 16.6. The van der Waals surface area contributed by atoms with Gasteiger partial charge in [-0.2, -0.15) is 0 Å². The zero-order valence-corrected chi connectivity index (χ0v) is 18.2. The van der Waals surface area contributed by atoms with Gasteiger partial charge in [-0.3, -0.25) is 9.52 Å². The summed E-state index contributed by atoms with van der Waals surface area (Å²) in [5, 5.41) is 4.77. The number of benzene rings is 2. The first kappa shape index (κ1) is 21.1. The third-order valence-electron chi connectivity index (χ3n) is 4.81. The molecule has 1 aromatic heterocycles. The minimum absolute atomic E-state index is 0.0844. The first-order chi connectivity index (χ1) is 13.8. The summed E-state index contributed by atoms with van der Waals surface area (Å²) in [6, 6.07) is 15.8. The van der Waals surface area contributed by atoms with Crippen molar-refractivity contribution in [3.63, 3.8) is 0 Å². The Kier molecular flexibility index (Phi) is 6.39. The van der Waals surface area contributed by atoms with E-state index in [0.29, 0.717) is 11.3 Å². The molecule has 0 fully saturated rings. The Morgan fingerprint density at radius 2 is 1.76 bits per heavy atom. The Hall–Kier alpha value is -2.64. The van der Waals surface area contributed by atoms with E-state index in [2.05, 4.69) is 36.0 Å². The lowest BCUT2D eigenvalue weighted by atomic mass is 9.99. The maximum atomic E-state index is 12.7. The van der Waals surface area contributed by atoms with Gasteiger partial charge in [0.05, 0.1) is 6.04 Å². The van der Waals surface area contributed by atoms with E-state index >= 15 is 0 Å². The predicted octanol–water partition coefficient (Wildman–Crippen LogP) is 5.05. The van der Waals surface area contributed by atoms with Gasteiger partial charge in [0.25, 0.3) is 15.9 Å². The van der Waals surface area contributed by atoms with Gasteiger partial charge in [-0.1, -0.05) is 31.2 Å². The van der Waals surface area contributed by atoms with Crippen LogP contribution in [0.5, 0.6) is 0 Å². The molecule has 3 aromatic rings. The molecule has 1 heterocycles. The topological polar surface area (TPSA) is 75.3 Å². The molecule has 0 unspecified atom stereocenters. The molecule has 1 amide bonds. The maximum absolute atomic E-state index is 12.7. The second-order valence-corrected chi connectivity index (χ2v) is 9.75. The average molecular weight is 429 g/mol. The molecule has 29 heavy (non-hydrogen) atoms. The van der Waals surface area contributed by atoms with Gasteiger partial charge >= 0.3 is 0 Å². The van der Waals surface area contributed by atoms with Gasteiger partial charge in [0.15, 0.2) is 0 Å². The standard InChI is InChI=1S/C22H24N2O3S2/c1-4-20(18-8-7-15(2)16(3)14-18)23-22(25)17-9-11-19(12-10-17)24-29(26,27)21-6-5-13-28-21/h5-14,20,24H,4H2,1-3H3,(H,23,25)/t20-/m1/s1. The minimum atomic E-state index is -3.60. The van der Waals surface area contributed by atoms with E-state index in [4.69, 9.17) is 0 Å². The van der Waals surface area contributed by atoms with Gasteiger partial charge < -0.3 is 5.32 Å². The van der Waals surface area contributed by atoms with Crippen molar-refractivity contribution < 1.29 is 13.2 Å². The van der Waals surface area contributed by atoms with E-state index in [1.807, 2.05) is 13.0 Å². The van der Waals surface area contributed by atoms with E-state index in [9.17, 15) is 13.2 Å². The van der Waals surface area contributed by atoms with Gasteiger partial charge in [-0.25, -0.2) is 8.42 Å². The van der Waals surface area contributed by atoms with Gasteiger partial charge in [0.2, 0.25) is 0 Å². The van der Waals surface area contributed by atoms with Crippen LogP contribution >= 0.6 is 11.3 Å². The van der Waals surface area contributed by atoms with E-state index in [-0.39, 0.29) is 16.2 Å². The highest BCUT2D eigenvalue weighted by Gasteiger charge is 2.17. The molecular formula is C22H24N2O3S2. The van der Waals surface area contributed by atoms with Gasteiger partial charge in [0, 0.05) is 11.3 Å². The third kappa shape index (κ3) is 5.05. The molecule has 5 nitrogen and oxygen atoms in total. The highest BCUT2D eigenvalue weighted by Crippen LogP contribution is 2.22. The third-order valence-corrected chi connectivity index (χ3v) is 7.58. The van der Waals surface area contributed by atoms with E-state index in [1.54, 1.807) is 41.8 Å². The quantitative estimate of drug-likeness (QED) is 0.553. The SMILES string of the molecule is CC[C@@H](NC(=O)c1ccc(NS(=O)(=O)c2cccs2)cc1)c1ccc(C)c(C)c1. The molecule has 0 saturated carbocycles. The van der Waals surface area contributed by atoms with Gasteiger partial charge in [-0.15, -0.1) is 11.3 Å². The molecule has 2 N–H and O–H groups in total. The van der Waals surface area contributed by atoms with Crippen LogP contribution in [0, 0.1) is 13.8 Å². The van der Waals surface area contributed by atoms with Crippen molar-refractivity contribution in [2.24, 2.45) is 0 Å².